The molecule has 0 radical (unpaired) electrons. The maximum Gasteiger partial charge on any atom is 0.328 e. The van der Waals surface area contributed by atoms with Crippen molar-refractivity contribution >= 4 is 11.9 Å². The first-order valence-corrected chi connectivity index (χ1v) is 6.69. The van der Waals surface area contributed by atoms with E-state index in [9.17, 15) is 9.59 Å². The van der Waals surface area contributed by atoms with Crippen LogP contribution in [-0.2, 0) is 20.7 Å². The van der Waals surface area contributed by atoms with Crippen LogP contribution in [0.5, 0.6) is 0 Å². The third kappa shape index (κ3) is 5.84. The highest BCUT2D eigenvalue weighted by atomic mass is 16.5. The third-order valence-electron chi connectivity index (χ3n) is 2.92. The van der Waals surface area contributed by atoms with Gasteiger partial charge in [-0.2, -0.15) is 0 Å². The lowest BCUT2D eigenvalue weighted by Gasteiger charge is -2.16. The van der Waals surface area contributed by atoms with Crippen LogP contribution in [0.1, 0.15) is 24.8 Å². The summed E-state index contributed by atoms with van der Waals surface area (Å²) in [4.78, 5) is 23.4. The largest absolute Gasteiger partial charge is 0.467 e. The van der Waals surface area contributed by atoms with Gasteiger partial charge in [-0.05, 0) is 18.4 Å². The van der Waals surface area contributed by atoms with Crippen molar-refractivity contribution in [2.45, 2.75) is 31.7 Å². The SMILES string of the molecule is COC(=O)[C@@H](Cc1ccccc1)NC(=O)CCCCO. The number of aliphatic hydroxyl groups excluding tert-OH is 1. The van der Waals surface area contributed by atoms with Crippen molar-refractivity contribution < 1.29 is 19.4 Å². The Bertz CT molecular complexity index is 419. The van der Waals surface area contributed by atoms with E-state index < -0.39 is 12.0 Å². The summed E-state index contributed by atoms with van der Waals surface area (Å²) in [5.74, 6) is -0.658. The fraction of sp³-hybridized carbons (Fsp3) is 0.467. The Balaban J connectivity index is 2.56. The predicted octanol–water partition coefficient (Wildman–Crippen LogP) is 1.05. The van der Waals surface area contributed by atoms with E-state index in [0.717, 1.165) is 5.56 Å². The number of benzene rings is 1. The molecule has 0 saturated heterocycles. The summed E-state index contributed by atoms with van der Waals surface area (Å²) in [7, 11) is 1.30. The lowest BCUT2D eigenvalue weighted by atomic mass is 10.1. The van der Waals surface area contributed by atoms with Crippen LogP contribution in [0.25, 0.3) is 0 Å². The zero-order chi connectivity index (χ0) is 14.8. The molecule has 1 rings (SSSR count). The topological polar surface area (TPSA) is 75.6 Å². The third-order valence-corrected chi connectivity index (χ3v) is 2.92. The van der Waals surface area contributed by atoms with Gasteiger partial charge in [0.25, 0.3) is 0 Å². The maximum atomic E-state index is 11.7. The van der Waals surface area contributed by atoms with Crippen LogP contribution in [0.4, 0.5) is 0 Å². The van der Waals surface area contributed by atoms with Crippen molar-refractivity contribution in [3.05, 3.63) is 35.9 Å². The number of carbonyl (C=O) groups excluding carboxylic acids is 2. The van der Waals surface area contributed by atoms with E-state index >= 15 is 0 Å². The Morgan fingerprint density at radius 1 is 1.25 bits per heavy atom. The minimum atomic E-state index is -0.677. The molecular formula is C15H21NO4. The molecule has 0 heterocycles. The molecule has 5 nitrogen and oxygen atoms in total. The molecule has 0 fully saturated rings. The summed E-state index contributed by atoms with van der Waals surface area (Å²) in [6.07, 6.45) is 1.87. The Hall–Kier alpha value is -1.88. The number of carbonyl (C=O) groups is 2. The highest BCUT2D eigenvalue weighted by Crippen LogP contribution is 2.05. The second-order valence-corrected chi connectivity index (χ2v) is 4.51. The van der Waals surface area contributed by atoms with E-state index in [1.54, 1.807) is 0 Å². The van der Waals surface area contributed by atoms with Gasteiger partial charge in [0.2, 0.25) is 5.91 Å². The molecule has 1 aromatic carbocycles. The average molecular weight is 279 g/mol. The second kappa shape index (κ2) is 9.09. The predicted molar refractivity (Wildman–Crippen MR) is 75.0 cm³/mol. The maximum absolute atomic E-state index is 11.7. The molecule has 0 aliphatic heterocycles. The molecule has 0 spiro atoms. The zero-order valence-corrected chi connectivity index (χ0v) is 11.7. The minimum absolute atomic E-state index is 0.0672. The van der Waals surface area contributed by atoms with Gasteiger partial charge < -0.3 is 15.2 Å². The summed E-state index contributed by atoms with van der Waals surface area (Å²) < 4.78 is 4.72. The quantitative estimate of drug-likeness (QED) is 0.551. The van der Waals surface area contributed by atoms with Crippen molar-refractivity contribution in [3.8, 4) is 0 Å². The van der Waals surface area contributed by atoms with E-state index in [0.29, 0.717) is 25.7 Å². The molecule has 5 heteroatoms. The molecule has 0 unspecified atom stereocenters. The standard InChI is InChI=1S/C15H21NO4/c1-20-15(19)13(11-12-7-3-2-4-8-12)16-14(18)9-5-6-10-17/h2-4,7-8,13,17H,5-6,9-11H2,1H3,(H,16,18)/t13-/m1/s1. The van der Waals surface area contributed by atoms with Gasteiger partial charge in [0, 0.05) is 19.4 Å². The Morgan fingerprint density at radius 2 is 1.95 bits per heavy atom. The number of methoxy groups -OCH3 is 1. The first kappa shape index (κ1) is 16.2. The number of esters is 1. The Morgan fingerprint density at radius 3 is 2.55 bits per heavy atom. The van der Waals surface area contributed by atoms with E-state index in [1.165, 1.54) is 7.11 Å². The van der Waals surface area contributed by atoms with Crippen molar-refractivity contribution in [2.75, 3.05) is 13.7 Å². The number of aliphatic hydroxyl groups is 1. The fourth-order valence-corrected chi connectivity index (χ4v) is 1.85. The fourth-order valence-electron chi connectivity index (χ4n) is 1.85. The summed E-state index contributed by atoms with van der Waals surface area (Å²) in [5.41, 5.74) is 0.957. The van der Waals surface area contributed by atoms with Gasteiger partial charge in [0.05, 0.1) is 7.11 Å². The first-order chi connectivity index (χ1) is 9.67. The van der Waals surface area contributed by atoms with Crippen LogP contribution in [0.2, 0.25) is 0 Å². The molecule has 110 valence electrons. The van der Waals surface area contributed by atoms with Gasteiger partial charge in [0.1, 0.15) is 6.04 Å². The summed E-state index contributed by atoms with van der Waals surface area (Å²) in [5, 5.41) is 11.4. The van der Waals surface area contributed by atoms with Crippen molar-refractivity contribution in [1.29, 1.82) is 0 Å². The van der Waals surface area contributed by atoms with Gasteiger partial charge in [-0.1, -0.05) is 30.3 Å². The average Bonchev–Trinajstić information content (AvgIpc) is 2.47. The van der Waals surface area contributed by atoms with Crippen molar-refractivity contribution in [2.24, 2.45) is 0 Å². The first-order valence-electron chi connectivity index (χ1n) is 6.69. The monoisotopic (exact) mass is 279 g/mol. The van der Waals surface area contributed by atoms with Gasteiger partial charge >= 0.3 is 5.97 Å². The summed E-state index contributed by atoms with van der Waals surface area (Å²) in [6, 6.07) is 8.77. The number of nitrogens with one attached hydrogen (secondary N) is 1. The van der Waals surface area contributed by atoms with Gasteiger partial charge in [-0.15, -0.1) is 0 Å². The van der Waals surface area contributed by atoms with Crippen LogP contribution in [0.15, 0.2) is 30.3 Å². The second-order valence-electron chi connectivity index (χ2n) is 4.51. The molecule has 1 amide bonds. The van der Waals surface area contributed by atoms with E-state index in [1.807, 2.05) is 30.3 Å². The van der Waals surface area contributed by atoms with Crippen molar-refractivity contribution in [1.82, 2.24) is 5.32 Å². The molecule has 0 aliphatic carbocycles. The van der Waals surface area contributed by atoms with Gasteiger partial charge in [-0.3, -0.25) is 4.79 Å². The van der Waals surface area contributed by atoms with Gasteiger partial charge in [0.15, 0.2) is 0 Å². The molecule has 20 heavy (non-hydrogen) atoms. The molecule has 1 aromatic rings. The number of hydrogen-bond donors (Lipinski definition) is 2. The minimum Gasteiger partial charge on any atom is -0.467 e. The number of unbranched alkanes of at least 4 members (excludes halogenated alkanes) is 1. The number of rotatable bonds is 8. The Kier molecular flexibility index (Phi) is 7.35. The van der Waals surface area contributed by atoms with Crippen LogP contribution in [0.3, 0.4) is 0 Å². The molecular weight excluding hydrogens is 258 g/mol. The normalized spacial score (nSPS) is 11.7. The lowest BCUT2D eigenvalue weighted by Crippen LogP contribution is -2.43. The summed E-state index contributed by atoms with van der Waals surface area (Å²) in [6.45, 7) is 0.0672. The van der Waals surface area contributed by atoms with Crippen molar-refractivity contribution in [3.63, 3.8) is 0 Å². The van der Waals surface area contributed by atoms with E-state index in [4.69, 9.17) is 9.84 Å². The zero-order valence-electron chi connectivity index (χ0n) is 11.7. The number of amides is 1. The smallest absolute Gasteiger partial charge is 0.328 e. The molecule has 1 atom stereocenters. The molecule has 0 bridgehead atoms. The van der Waals surface area contributed by atoms with Crippen LogP contribution >= 0.6 is 0 Å². The molecule has 0 aliphatic rings. The van der Waals surface area contributed by atoms with Crippen LogP contribution in [0, 0.1) is 0 Å². The molecule has 2 N–H and O–H groups in total. The number of ether oxygens (including phenoxy) is 1. The molecule has 0 saturated carbocycles. The Labute approximate surface area is 118 Å². The van der Waals surface area contributed by atoms with Crippen LogP contribution < -0.4 is 5.32 Å². The summed E-state index contributed by atoms with van der Waals surface area (Å²) >= 11 is 0. The van der Waals surface area contributed by atoms with Gasteiger partial charge in [-0.25, -0.2) is 4.79 Å². The van der Waals surface area contributed by atoms with Crippen LogP contribution in [-0.4, -0.2) is 36.7 Å². The lowest BCUT2D eigenvalue weighted by molar-refractivity contribution is -0.145. The highest BCUT2D eigenvalue weighted by Gasteiger charge is 2.21. The van der Waals surface area contributed by atoms with E-state index in [2.05, 4.69) is 5.32 Å². The number of hydrogen-bond acceptors (Lipinski definition) is 4. The molecule has 0 aromatic heterocycles. The highest BCUT2D eigenvalue weighted by molar-refractivity contribution is 5.84. The van der Waals surface area contributed by atoms with E-state index in [-0.39, 0.29) is 12.5 Å².